The van der Waals surface area contributed by atoms with Crippen LogP contribution in [-0.2, 0) is 0 Å². The molecular formula is C6H10N6O2. The van der Waals surface area contributed by atoms with Gasteiger partial charge in [-0.2, -0.15) is 10.2 Å². The number of hydrazone groups is 1. The van der Waals surface area contributed by atoms with Crippen LogP contribution in [0.25, 0.3) is 0 Å². The van der Waals surface area contributed by atoms with E-state index in [2.05, 4.69) is 10.2 Å². The van der Waals surface area contributed by atoms with Gasteiger partial charge in [0, 0.05) is 0 Å². The summed E-state index contributed by atoms with van der Waals surface area (Å²) in [4.78, 5) is 9.81. The van der Waals surface area contributed by atoms with Gasteiger partial charge in [-0.05, 0) is 6.92 Å². The molecule has 0 spiro atoms. The Kier molecular flexibility index (Phi) is 2.65. The summed E-state index contributed by atoms with van der Waals surface area (Å²) >= 11 is 0. The average molecular weight is 198 g/mol. The van der Waals surface area contributed by atoms with Crippen LogP contribution in [0.3, 0.4) is 0 Å². The van der Waals surface area contributed by atoms with Gasteiger partial charge in [-0.25, -0.2) is 0 Å². The van der Waals surface area contributed by atoms with Gasteiger partial charge in [-0.15, -0.1) is 0 Å². The fourth-order valence-corrected chi connectivity index (χ4v) is 0.877. The van der Waals surface area contributed by atoms with Gasteiger partial charge >= 0.3 is 5.69 Å². The van der Waals surface area contributed by atoms with E-state index in [-0.39, 0.29) is 11.5 Å². The number of rotatable bonds is 3. The smallest absolute Gasteiger partial charge is 0.307 e. The lowest BCUT2D eigenvalue weighted by Crippen LogP contribution is -2.26. The van der Waals surface area contributed by atoms with Crippen molar-refractivity contribution in [2.24, 2.45) is 16.7 Å². The zero-order valence-electron chi connectivity index (χ0n) is 7.49. The lowest BCUT2D eigenvalue weighted by atomic mass is 10.3. The van der Waals surface area contributed by atoms with Crippen molar-refractivity contribution in [3.63, 3.8) is 0 Å². The first-order valence-corrected chi connectivity index (χ1v) is 3.78. The second kappa shape index (κ2) is 3.73. The molecule has 0 bridgehead atoms. The van der Waals surface area contributed by atoms with Gasteiger partial charge in [-0.1, -0.05) is 0 Å². The van der Waals surface area contributed by atoms with Crippen LogP contribution < -0.4 is 11.6 Å². The minimum absolute atomic E-state index is 0.0957. The van der Waals surface area contributed by atoms with E-state index < -0.39 is 11.0 Å². The van der Waals surface area contributed by atoms with E-state index in [0.717, 1.165) is 6.20 Å². The molecule has 1 atom stereocenters. The molecule has 0 saturated heterocycles. The quantitative estimate of drug-likeness (QED) is 0.224. The summed E-state index contributed by atoms with van der Waals surface area (Å²) < 4.78 is 1.32. The predicted molar refractivity (Wildman–Crippen MR) is 49.4 cm³/mol. The molecule has 1 heterocycles. The number of amidine groups is 1. The van der Waals surface area contributed by atoms with Crippen LogP contribution in [0.4, 0.5) is 5.69 Å². The minimum Gasteiger partial charge on any atom is -0.384 e. The van der Waals surface area contributed by atoms with E-state index in [0.29, 0.717) is 0 Å². The summed E-state index contributed by atoms with van der Waals surface area (Å²) in [6, 6.07) is -0.395. The van der Waals surface area contributed by atoms with Gasteiger partial charge in [0.2, 0.25) is 0 Å². The molecule has 1 aromatic heterocycles. The molecule has 0 saturated carbocycles. The van der Waals surface area contributed by atoms with Crippen molar-refractivity contribution in [2.75, 3.05) is 0 Å². The Labute approximate surface area is 79.3 Å². The van der Waals surface area contributed by atoms with Crippen LogP contribution in [0.5, 0.6) is 0 Å². The Hall–Kier alpha value is -2.12. The molecule has 4 N–H and O–H groups in total. The molecule has 14 heavy (non-hydrogen) atoms. The first-order chi connectivity index (χ1) is 6.56. The van der Waals surface area contributed by atoms with E-state index >= 15 is 0 Å². The molecule has 0 fully saturated rings. The molecule has 8 nitrogen and oxygen atoms in total. The van der Waals surface area contributed by atoms with Crippen LogP contribution in [0, 0.1) is 10.1 Å². The molecule has 1 rings (SSSR count). The first-order valence-electron chi connectivity index (χ1n) is 3.78. The number of nitrogens with two attached hydrogens (primary N) is 2. The number of aromatic nitrogens is 2. The Balaban J connectivity index is 2.92. The van der Waals surface area contributed by atoms with Crippen molar-refractivity contribution in [3.05, 3.63) is 22.5 Å². The number of nitro groups is 1. The van der Waals surface area contributed by atoms with Gasteiger partial charge in [-0.3, -0.25) is 14.8 Å². The van der Waals surface area contributed by atoms with Gasteiger partial charge in [0.15, 0.2) is 0 Å². The number of nitrogens with zero attached hydrogens (tertiary/aromatic N) is 4. The maximum Gasteiger partial charge on any atom is 0.307 e. The average Bonchev–Trinajstić information content (AvgIpc) is 2.64. The van der Waals surface area contributed by atoms with Gasteiger partial charge in [0.1, 0.15) is 24.3 Å². The van der Waals surface area contributed by atoms with Crippen molar-refractivity contribution in [3.8, 4) is 0 Å². The highest BCUT2D eigenvalue weighted by atomic mass is 16.6. The Bertz CT molecular complexity index is 370. The fourth-order valence-electron chi connectivity index (χ4n) is 0.877. The van der Waals surface area contributed by atoms with E-state index in [1.165, 1.54) is 10.9 Å². The van der Waals surface area contributed by atoms with Crippen molar-refractivity contribution in [1.82, 2.24) is 9.78 Å². The van der Waals surface area contributed by atoms with E-state index in [4.69, 9.17) is 11.6 Å². The van der Waals surface area contributed by atoms with Crippen LogP contribution in [0.15, 0.2) is 17.5 Å². The van der Waals surface area contributed by atoms with Crippen LogP contribution >= 0.6 is 0 Å². The molecular weight excluding hydrogens is 188 g/mol. The SMILES string of the molecule is CC(/C(N)=N/N)n1cc([N+](=O)[O-])cn1. The lowest BCUT2D eigenvalue weighted by Gasteiger charge is -2.08. The topological polar surface area (TPSA) is 125 Å². The highest BCUT2D eigenvalue weighted by Crippen LogP contribution is 2.12. The molecule has 0 radical (unpaired) electrons. The third kappa shape index (κ3) is 1.79. The van der Waals surface area contributed by atoms with E-state index in [9.17, 15) is 10.1 Å². The molecule has 8 heteroatoms. The molecule has 76 valence electrons. The highest BCUT2D eigenvalue weighted by molar-refractivity contribution is 5.83. The predicted octanol–water partition coefficient (Wildman–Crippen LogP) is -0.417. The molecule has 0 aromatic carbocycles. The molecule has 0 amide bonds. The maximum absolute atomic E-state index is 10.3. The van der Waals surface area contributed by atoms with Gasteiger partial charge < -0.3 is 11.6 Å². The lowest BCUT2D eigenvalue weighted by molar-refractivity contribution is -0.385. The summed E-state index contributed by atoms with van der Waals surface area (Å²) in [5.41, 5.74) is 5.33. The third-order valence-electron chi connectivity index (χ3n) is 1.77. The Morgan fingerprint density at radius 2 is 2.50 bits per heavy atom. The Morgan fingerprint density at radius 3 is 2.93 bits per heavy atom. The second-order valence-corrected chi connectivity index (χ2v) is 2.67. The van der Waals surface area contributed by atoms with Crippen LogP contribution in [-0.4, -0.2) is 20.5 Å². The zero-order valence-corrected chi connectivity index (χ0v) is 7.49. The summed E-state index contributed by atoms with van der Waals surface area (Å²) in [6.07, 6.45) is 2.41. The van der Waals surface area contributed by atoms with Crippen molar-refractivity contribution < 1.29 is 4.92 Å². The van der Waals surface area contributed by atoms with Crippen LogP contribution in [0.2, 0.25) is 0 Å². The van der Waals surface area contributed by atoms with Gasteiger partial charge in [0.05, 0.1) is 4.92 Å². The Morgan fingerprint density at radius 1 is 1.86 bits per heavy atom. The fraction of sp³-hybridized carbons (Fsp3) is 0.333. The summed E-state index contributed by atoms with van der Waals surface area (Å²) in [6.45, 7) is 1.68. The molecule has 0 aliphatic carbocycles. The van der Waals surface area contributed by atoms with Gasteiger partial charge in [0.25, 0.3) is 0 Å². The monoisotopic (exact) mass is 198 g/mol. The van der Waals surface area contributed by atoms with E-state index in [1.807, 2.05) is 0 Å². The van der Waals surface area contributed by atoms with Crippen molar-refractivity contribution in [2.45, 2.75) is 13.0 Å². The van der Waals surface area contributed by atoms with Crippen LogP contribution in [0.1, 0.15) is 13.0 Å². The molecule has 0 aliphatic heterocycles. The zero-order chi connectivity index (χ0) is 10.7. The first kappa shape index (κ1) is 9.96. The van der Waals surface area contributed by atoms with Crippen molar-refractivity contribution >= 4 is 11.5 Å². The third-order valence-corrected chi connectivity index (χ3v) is 1.77. The summed E-state index contributed by atoms with van der Waals surface area (Å²) in [5.74, 6) is 5.12. The number of hydrogen-bond acceptors (Lipinski definition) is 5. The summed E-state index contributed by atoms with van der Waals surface area (Å²) in [5, 5.41) is 17.4. The molecule has 1 unspecified atom stereocenters. The normalized spacial score (nSPS) is 13.9. The maximum atomic E-state index is 10.3. The second-order valence-electron chi connectivity index (χ2n) is 2.67. The molecule has 0 aliphatic rings. The number of hydrogen-bond donors (Lipinski definition) is 2. The standard InChI is InChI=1S/C6H10N6O2/c1-4(6(7)10-8)11-3-5(2-9-11)12(13)14/h2-4H,8H2,1H3,(H2,7,10). The van der Waals surface area contributed by atoms with E-state index in [1.54, 1.807) is 6.92 Å². The summed E-state index contributed by atoms with van der Waals surface area (Å²) in [7, 11) is 0. The minimum atomic E-state index is -0.536. The van der Waals surface area contributed by atoms with Crippen molar-refractivity contribution in [1.29, 1.82) is 0 Å². The largest absolute Gasteiger partial charge is 0.384 e. The molecule has 1 aromatic rings. The highest BCUT2D eigenvalue weighted by Gasteiger charge is 2.15.